The van der Waals surface area contributed by atoms with Crippen molar-refractivity contribution in [3.63, 3.8) is 0 Å². The smallest absolute Gasteiger partial charge is 0.163 e. The number of morpholine rings is 1. The summed E-state index contributed by atoms with van der Waals surface area (Å²) in [5.74, 6) is 1.04. The summed E-state index contributed by atoms with van der Waals surface area (Å²) in [5, 5.41) is 29.9. The number of nitrogens with one attached hydrogen (secondary N) is 1. The number of nitriles is 3. The third kappa shape index (κ3) is 3.92. The van der Waals surface area contributed by atoms with Crippen LogP contribution < -0.4 is 19.7 Å². The van der Waals surface area contributed by atoms with Crippen molar-refractivity contribution in [1.82, 2.24) is 0 Å². The van der Waals surface area contributed by atoms with Gasteiger partial charge in [0.05, 0.1) is 38.8 Å². The molecule has 0 aromatic heterocycles. The molecule has 128 valence electrons. The first-order chi connectivity index (χ1) is 12.2. The summed E-state index contributed by atoms with van der Waals surface area (Å²) < 4.78 is 16.2. The Morgan fingerprint density at radius 1 is 1.04 bits per heavy atom. The van der Waals surface area contributed by atoms with E-state index in [0.717, 1.165) is 18.8 Å². The van der Waals surface area contributed by atoms with E-state index in [2.05, 4.69) is 10.2 Å². The van der Waals surface area contributed by atoms with Crippen LogP contribution in [0.3, 0.4) is 0 Å². The maximum atomic E-state index is 9.20. The first-order valence-corrected chi connectivity index (χ1v) is 7.48. The fourth-order valence-corrected chi connectivity index (χ4v) is 2.45. The van der Waals surface area contributed by atoms with Crippen LogP contribution >= 0.6 is 0 Å². The van der Waals surface area contributed by atoms with E-state index in [1.165, 1.54) is 7.11 Å². The molecule has 0 radical (unpaired) electrons. The van der Waals surface area contributed by atoms with Gasteiger partial charge in [0.2, 0.25) is 0 Å². The fraction of sp³-hybridized carbons (Fsp3) is 0.353. The second-order valence-electron chi connectivity index (χ2n) is 5.03. The van der Waals surface area contributed by atoms with Gasteiger partial charge in [0, 0.05) is 25.2 Å². The van der Waals surface area contributed by atoms with Crippen LogP contribution in [0, 0.1) is 34.0 Å². The second kappa shape index (κ2) is 8.44. The monoisotopic (exact) mass is 339 g/mol. The van der Waals surface area contributed by atoms with Gasteiger partial charge in [-0.1, -0.05) is 0 Å². The van der Waals surface area contributed by atoms with Crippen molar-refractivity contribution in [1.29, 1.82) is 15.8 Å². The number of hydrogen-bond acceptors (Lipinski definition) is 8. The first kappa shape index (κ1) is 17.9. The molecule has 0 spiro atoms. The number of benzene rings is 1. The van der Waals surface area contributed by atoms with Crippen molar-refractivity contribution in [2.45, 2.75) is 0 Å². The van der Waals surface area contributed by atoms with E-state index in [1.54, 1.807) is 31.4 Å². The van der Waals surface area contributed by atoms with Crippen molar-refractivity contribution < 1.29 is 14.2 Å². The molecule has 8 nitrogen and oxygen atoms in total. The van der Waals surface area contributed by atoms with Gasteiger partial charge in [0.25, 0.3) is 0 Å². The molecule has 0 amide bonds. The minimum atomic E-state index is -0.305. The van der Waals surface area contributed by atoms with Crippen LogP contribution in [0.25, 0.3) is 0 Å². The third-order valence-electron chi connectivity index (χ3n) is 3.70. The summed E-state index contributed by atoms with van der Waals surface area (Å²) in [7, 11) is 3.05. The molecule has 1 fully saturated rings. The summed E-state index contributed by atoms with van der Waals surface area (Å²) in [6.45, 7) is 2.70. The van der Waals surface area contributed by atoms with Crippen molar-refractivity contribution >= 4 is 11.4 Å². The number of methoxy groups -OCH3 is 2. The van der Waals surface area contributed by atoms with Crippen LogP contribution in [-0.4, -0.2) is 40.5 Å². The van der Waals surface area contributed by atoms with Gasteiger partial charge >= 0.3 is 0 Å². The van der Waals surface area contributed by atoms with Crippen LogP contribution in [0.2, 0.25) is 0 Å². The molecule has 1 aromatic rings. The summed E-state index contributed by atoms with van der Waals surface area (Å²) in [6.07, 6.45) is 0. The van der Waals surface area contributed by atoms with E-state index in [9.17, 15) is 5.26 Å². The van der Waals surface area contributed by atoms with Gasteiger partial charge in [-0.05, 0) is 0 Å². The fourth-order valence-electron chi connectivity index (χ4n) is 2.45. The van der Waals surface area contributed by atoms with Crippen molar-refractivity contribution in [3.8, 4) is 29.7 Å². The lowest BCUT2D eigenvalue weighted by atomic mass is 10.2. The highest BCUT2D eigenvalue weighted by Crippen LogP contribution is 2.39. The summed E-state index contributed by atoms with van der Waals surface area (Å²) >= 11 is 0. The molecule has 1 aliphatic heterocycles. The molecule has 0 aliphatic carbocycles. The standard InChI is InChI=1S/C17H17N5O3/c1-23-16-8-15(22-3-5-25-6-4-22)17(24-2)7-13(16)21-14(11-20)12(9-18)10-19/h7-8,21H,3-6H2,1-2H3. The minimum Gasteiger partial charge on any atom is -0.494 e. The van der Waals surface area contributed by atoms with Crippen molar-refractivity contribution in [2.24, 2.45) is 0 Å². The quantitative estimate of drug-likeness (QED) is 0.807. The molecule has 25 heavy (non-hydrogen) atoms. The molecular weight excluding hydrogens is 322 g/mol. The summed E-state index contributed by atoms with van der Waals surface area (Å²) in [4.78, 5) is 2.12. The Morgan fingerprint density at radius 3 is 2.20 bits per heavy atom. The Hall–Kier alpha value is -3.41. The lowest BCUT2D eigenvalue weighted by molar-refractivity contribution is 0.122. The number of nitrogens with zero attached hydrogens (tertiary/aromatic N) is 4. The maximum Gasteiger partial charge on any atom is 0.163 e. The molecule has 1 N–H and O–H groups in total. The number of ether oxygens (including phenoxy) is 3. The van der Waals surface area contributed by atoms with E-state index in [0.29, 0.717) is 30.4 Å². The SMILES string of the molecule is COc1cc(N2CCOCC2)c(OC)cc1NC(C#N)=C(C#N)C#N. The van der Waals surface area contributed by atoms with E-state index >= 15 is 0 Å². The zero-order chi connectivity index (χ0) is 18.2. The molecule has 1 saturated heterocycles. The predicted molar refractivity (Wildman–Crippen MR) is 90.1 cm³/mol. The zero-order valence-electron chi connectivity index (χ0n) is 14.0. The zero-order valence-corrected chi connectivity index (χ0v) is 14.0. The molecule has 1 aromatic carbocycles. The Labute approximate surface area is 146 Å². The highest BCUT2D eigenvalue weighted by atomic mass is 16.5. The Kier molecular flexibility index (Phi) is 6.06. The molecule has 1 heterocycles. The average molecular weight is 339 g/mol. The minimum absolute atomic E-state index is 0.149. The first-order valence-electron chi connectivity index (χ1n) is 7.48. The molecule has 2 rings (SSSR count). The topological polar surface area (TPSA) is 114 Å². The lowest BCUT2D eigenvalue weighted by Gasteiger charge is -2.30. The number of anilines is 2. The van der Waals surface area contributed by atoms with Gasteiger partial charge in [0.1, 0.15) is 35.4 Å². The van der Waals surface area contributed by atoms with Gasteiger partial charge in [0.15, 0.2) is 5.57 Å². The number of allylic oxidation sites excluding steroid dienone is 2. The molecule has 8 heteroatoms. The van der Waals surface area contributed by atoms with Crippen LogP contribution in [0.15, 0.2) is 23.4 Å². The van der Waals surface area contributed by atoms with Crippen LogP contribution in [0.4, 0.5) is 11.4 Å². The molecular formula is C17H17N5O3. The van der Waals surface area contributed by atoms with Crippen LogP contribution in [0.1, 0.15) is 0 Å². The Bertz CT molecular complexity index is 776. The normalized spacial score (nSPS) is 13.0. The molecule has 0 saturated carbocycles. The Balaban J connectivity index is 2.46. The Morgan fingerprint density at radius 2 is 1.68 bits per heavy atom. The highest BCUT2D eigenvalue weighted by molar-refractivity contribution is 5.74. The van der Waals surface area contributed by atoms with Crippen molar-refractivity contribution in [3.05, 3.63) is 23.4 Å². The van der Waals surface area contributed by atoms with Gasteiger partial charge < -0.3 is 24.4 Å². The average Bonchev–Trinajstić information content (AvgIpc) is 2.68. The molecule has 1 aliphatic rings. The number of rotatable bonds is 5. The third-order valence-corrected chi connectivity index (χ3v) is 3.70. The van der Waals surface area contributed by atoms with Crippen LogP contribution in [0.5, 0.6) is 11.5 Å². The summed E-state index contributed by atoms with van der Waals surface area (Å²) in [5.41, 5.74) is 0.817. The maximum absolute atomic E-state index is 9.20. The predicted octanol–water partition coefficient (Wildman–Crippen LogP) is 1.78. The van der Waals surface area contributed by atoms with E-state index in [4.69, 9.17) is 24.7 Å². The lowest BCUT2D eigenvalue weighted by Crippen LogP contribution is -2.36. The van der Waals surface area contributed by atoms with E-state index in [-0.39, 0.29) is 11.3 Å². The largest absolute Gasteiger partial charge is 0.494 e. The molecule has 0 unspecified atom stereocenters. The molecule has 0 atom stereocenters. The molecule has 0 bridgehead atoms. The van der Waals surface area contributed by atoms with Gasteiger partial charge in [-0.2, -0.15) is 15.8 Å². The van der Waals surface area contributed by atoms with E-state index in [1.807, 2.05) is 6.07 Å². The van der Waals surface area contributed by atoms with Gasteiger partial charge in [-0.15, -0.1) is 0 Å². The highest BCUT2D eigenvalue weighted by Gasteiger charge is 2.20. The van der Waals surface area contributed by atoms with Crippen LogP contribution in [-0.2, 0) is 4.74 Å². The van der Waals surface area contributed by atoms with Crippen molar-refractivity contribution in [2.75, 3.05) is 50.7 Å². The number of hydrogen-bond donors (Lipinski definition) is 1. The van der Waals surface area contributed by atoms with Gasteiger partial charge in [-0.3, -0.25) is 0 Å². The summed E-state index contributed by atoms with van der Waals surface area (Å²) in [6, 6.07) is 8.67. The van der Waals surface area contributed by atoms with Gasteiger partial charge in [-0.25, -0.2) is 0 Å². The van der Waals surface area contributed by atoms with E-state index < -0.39 is 0 Å². The second-order valence-corrected chi connectivity index (χ2v) is 5.03.